The third kappa shape index (κ3) is 4.77. The van der Waals surface area contributed by atoms with Crippen molar-refractivity contribution in [3.05, 3.63) is 58.6 Å². The van der Waals surface area contributed by atoms with E-state index in [0.29, 0.717) is 38.3 Å². The van der Waals surface area contributed by atoms with Crippen molar-refractivity contribution in [1.82, 2.24) is 9.88 Å². The number of thiophene rings is 1. The minimum absolute atomic E-state index is 0.0122. The van der Waals surface area contributed by atoms with Crippen LogP contribution in [0.2, 0.25) is 0 Å². The molecule has 1 aliphatic carbocycles. The Kier molecular flexibility index (Phi) is 6.58. The van der Waals surface area contributed by atoms with Gasteiger partial charge in [-0.2, -0.15) is 0 Å². The SMILES string of the molecule is CC1(C)CC(=O)c2sc(N3CCOCC3)c(-c3ccnc(-c4cccc(C(=O)N5CC[C@H](N)C5)c4)c3)c2C1. The fraction of sp³-hybridized carbons (Fsp3) is 0.433. The first kappa shape index (κ1) is 25.2. The van der Waals surface area contributed by atoms with Gasteiger partial charge in [-0.3, -0.25) is 14.6 Å². The summed E-state index contributed by atoms with van der Waals surface area (Å²) in [5.41, 5.74) is 11.7. The summed E-state index contributed by atoms with van der Waals surface area (Å²) >= 11 is 1.63. The zero-order chi connectivity index (χ0) is 26.4. The number of carbonyl (C=O) groups is 2. The van der Waals surface area contributed by atoms with Gasteiger partial charge in [0, 0.05) is 61.5 Å². The topological polar surface area (TPSA) is 88.8 Å². The molecule has 1 amide bonds. The highest BCUT2D eigenvalue weighted by Crippen LogP contribution is 2.49. The van der Waals surface area contributed by atoms with Gasteiger partial charge < -0.3 is 20.3 Å². The Morgan fingerprint density at radius 3 is 2.68 bits per heavy atom. The first-order valence-electron chi connectivity index (χ1n) is 13.4. The molecular formula is C30H34N4O3S. The summed E-state index contributed by atoms with van der Waals surface area (Å²) in [6.07, 6.45) is 4.11. The monoisotopic (exact) mass is 530 g/mol. The molecule has 2 N–H and O–H groups in total. The molecule has 0 saturated carbocycles. The fourth-order valence-electron chi connectivity index (χ4n) is 5.90. The van der Waals surface area contributed by atoms with Gasteiger partial charge >= 0.3 is 0 Å². The Bertz CT molecular complexity index is 1390. The highest BCUT2D eigenvalue weighted by molar-refractivity contribution is 7.19. The highest BCUT2D eigenvalue weighted by atomic mass is 32.1. The van der Waals surface area contributed by atoms with Crippen LogP contribution in [0, 0.1) is 5.41 Å². The number of amides is 1. The van der Waals surface area contributed by atoms with Gasteiger partial charge in [0.05, 0.1) is 28.8 Å². The van der Waals surface area contributed by atoms with E-state index in [4.69, 9.17) is 10.5 Å². The smallest absolute Gasteiger partial charge is 0.253 e. The number of anilines is 1. The Hall–Kier alpha value is -3.07. The first-order chi connectivity index (χ1) is 18.3. The van der Waals surface area contributed by atoms with Gasteiger partial charge in [0.1, 0.15) is 0 Å². The Labute approximate surface area is 227 Å². The third-order valence-corrected chi connectivity index (χ3v) is 9.13. The molecule has 198 valence electrons. The molecule has 0 radical (unpaired) electrons. The number of morpholine rings is 1. The number of aromatic nitrogens is 1. The molecule has 0 unspecified atom stereocenters. The van der Waals surface area contributed by atoms with Crippen LogP contribution in [-0.2, 0) is 11.2 Å². The van der Waals surface area contributed by atoms with Gasteiger partial charge in [-0.25, -0.2) is 0 Å². The number of pyridine rings is 1. The van der Waals surface area contributed by atoms with Crippen LogP contribution in [0.3, 0.4) is 0 Å². The molecule has 8 heteroatoms. The van der Waals surface area contributed by atoms with Crippen molar-refractivity contribution in [2.75, 3.05) is 44.3 Å². The molecule has 7 nitrogen and oxygen atoms in total. The van der Waals surface area contributed by atoms with Gasteiger partial charge in [-0.1, -0.05) is 26.0 Å². The Morgan fingerprint density at radius 1 is 1.11 bits per heavy atom. The number of hydrogen-bond donors (Lipinski definition) is 1. The second-order valence-corrected chi connectivity index (χ2v) is 12.4. The summed E-state index contributed by atoms with van der Waals surface area (Å²) in [5, 5.41) is 1.15. The van der Waals surface area contributed by atoms with E-state index < -0.39 is 0 Å². The molecule has 0 bridgehead atoms. The average molecular weight is 531 g/mol. The van der Waals surface area contributed by atoms with Gasteiger partial charge in [0.15, 0.2) is 5.78 Å². The van der Waals surface area contributed by atoms with E-state index in [-0.39, 0.29) is 23.1 Å². The van der Waals surface area contributed by atoms with E-state index in [1.54, 1.807) is 11.3 Å². The lowest BCUT2D eigenvalue weighted by molar-refractivity contribution is 0.0790. The van der Waals surface area contributed by atoms with Crippen LogP contribution < -0.4 is 10.6 Å². The molecule has 6 rings (SSSR count). The first-order valence-corrected chi connectivity index (χ1v) is 14.2. The standard InChI is InChI=1S/C30H34N4O3S/c1-30(2)16-23-26(29(33-10-12-37-13-11-33)38-27(23)25(35)17-30)20-6-8-32-24(15-20)19-4-3-5-21(14-19)28(36)34-9-7-22(31)18-34/h3-6,8,14-15,22H,7,9-13,16-18,31H2,1-2H3/t22-/m0/s1. The molecule has 0 spiro atoms. The van der Waals surface area contributed by atoms with Crippen molar-refractivity contribution in [3.63, 3.8) is 0 Å². The third-order valence-electron chi connectivity index (χ3n) is 7.80. The zero-order valence-corrected chi connectivity index (χ0v) is 22.9. The van der Waals surface area contributed by atoms with Crippen molar-refractivity contribution in [3.8, 4) is 22.4 Å². The molecular weight excluding hydrogens is 496 g/mol. The quantitative estimate of drug-likeness (QED) is 0.529. The second kappa shape index (κ2) is 9.91. The molecule has 4 heterocycles. The minimum atomic E-state index is -0.0785. The van der Waals surface area contributed by atoms with Crippen LogP contribution in [0.4, 0.5) is 5.00 Å². The molecule has 38 heavy (non-hydrogen) atoms. The number of benzene rings is 1. The number of fused-ring (bicyclic) bond motifs is 1. The predicted molar refractivity (Wildman–Crippen MR) is 151 cm³/mol. The fourth-order valence-corrected chi connectivity index (χ4v) is 7.23. The number of likely N-dealkylation sites (tertiary alicyclic amines) is 1. The van der Waals surface area contributed by atoms with Crippen LogP contribution in [0.1, 0.15) is 52.3 Å². The summed E-state index contributed by atoms with van der Waals surface area (Å²) in [5.74, 6) is 0.252. The average Bonchev–Trinajstić information content (AvgIpc) is 3.52. The lowest BCUT2D eigenvalue weighted by Crippen LogP contribution is -2.36. The number of carbonyl (C=O) groups excluding carboxylic acids is 2. The van der Waals surface area contributed by atoms with E-state index in [2.05, 4.69) is 29.8 Å². The van der Waals surface area contributed by atoms with Crippen molar-refractivity contribution < 1.29 is 14.3 Å². The molecule has 2 aromatic heterocycles. The van der Waals surface area contributed by atoms with E-state index in [1.165, 1.54) is 0 Å². The van der Waals surface area contributed by atoms with Crippen LogP contribution in [-0.4, -0.2) is 67.0 Å². The van der Waals surface area contributed by atoms with Gasteiger partial charge in [0.2, 0.25) is 0 Å². The highest BCUT2D eigenvalue weighted by Gasteiger charge is 2.37. The Balaban J connectivity index is 1.41. The van der Waals surface area contributed by atoms with Gasteiger partial charge in [0.25, 0.3) is 5.91 Å². The predicted octanol–water partition coefficient (Wildman–Crippen LogP) is 4.64. The van der Waals surface area contributed by atoms with Crippen molar-refractivity contribution in [2.24, 2.45) is 11.1 Å². The maximum absolute atomic E-state index is 13.2. The lowest BCUT2D eigenvalue weighted by Gasteiger charge is -2.30. The molecule has 1 atom stereocenters. The molecule has 3 aliphatic rings. The van der Waals surface area contributed by atoms with E-state index in [9.17, 15) is 9.59 Å². The van der Waals surface area contributed by atoms with Crippen LogP contribution in [0.5, 0.6) is 0 Å². The van der Waals surface area contributed by atoms with E-state index in [0.717, 1.165) is 63.8 Å². The van der Waals surface area contributed by atoms with Crippen LogP contribution in [0.25, 0.3) is 22.4 Å². The van der Waals surface area contributed by atoms with E-state index in [1.807, 2.05) is 41.4 Å². The Morgan fingerprint density at radius 2 is 1.92 bits per heavy atom. The number of nitrogens with zero attached hydrogens (tertiary/aromatic N) is 3. The molecule has 2 fully saturated rings. The second-order valence-electron chi connectivity index (χ2n) is 11.4. The van der Waals surface area contributed by atoms with Crippen LogP contribution >= 0.6 is 11.3 Å². The van der Waals surface area contributed by atoms with Gasteiger partial charge in [-0.05, 0) is 53.6 Å². The molecule has 2 saturated heterocycles. The van der Waals surface area contributed by atoms with Crippen molar-refractivity contribution in [1.29, 1.82) is 0 Å². The molecule has 3 aromatic rings. The summed E-state index contributed by atoms with van der Waals surface area (Å²) in [7, 11) is 0. The molecule has 2 aliphatic heterocycles. The van der Waals surface area contributed by atoms with Gasteiger partial charge in [-0.15, -0.1) is 11.3 Å². The zero-order valence-electron chi connectivity index (χ0n) is 22.0. The minimum Gasteiger partial charge on any atom is -0.378 e. The summed E-state index contributed by atoms with van der Waals surface area (Å²) in [6.45, 7) is 8.64. The maximum Gasteiger partial charge on any atom is 0.253 e. The lowest BCUT2D eigenvalue weighted by atomic mass is 9.75. The largest absolute Gasteiger partial charge is 0.378 e. The summed E-state index contributed by atoms with van der Waals surface area (Å²) in [6, 6.07) is 11.9. The van der Waals surface area contributed by atoms with Crippen molar-refractivity contribution >= 4 is 28.0 Å². The number of nitrogens with two attached hydrogens (primary N) is 1. The number of hydrogen-bond acceptors (Lipinski definition) is 7. The normalized spacial score (nSPS) is 21.0. The van der Waals surface area contributed by atoms with Crippen molar-refractivity contribution in [2.45, 2.75) is 39.2 Å². The number of ketones is 1. The van der Waals surface area contributed by atoms with Crippen LogP contribution in [0.15, 0.2) is 42.6 Å². The number of ether oxygens (including phenoxy) is 1. The summed E-state index contributed by atoms with van der Waals surface area (Å²) in [4.78, 5) is 36.1. The maximum atomic E-state index is 13.2. The number of Topliss-reactive ketones (excluding diaryl/α,β-unsaturated/α-hetero) is 1. The summed E-state index contributed by atoms with van der Waals surface area (Å²) < 4.78 is 5.62. The van der Waals surface area contributed by atoms with E-state index >= 15 is 0 Å². The number of rotatable bonds is 4. The molecule has 1 aromatic carbocycles.